The van der Waals surface area contributed by atoms with Crippen molar-refractivity contribution in [2.45, 2.75) is 26.0 Å². The molecule has 0 aliphatic carbocycles. The third-order valence-electron chi connectivity index (χ3n) is 2.81. The molecule has 0 aromatic carbocycles. The van der Waals surface area contributed by atoms with Crippen LogP contribution in [0.4, 0.5) is 0 Å². The minimum absolute atomic E-state index is 0.407. The average Bonchev–Trinajstić information content (AvgIpc) is 2.78. The van der Waals surface area contributed by atoms with Gasteiger partial charge in [0.2, 0.25) is 0 Å². The number of nitrogens with zero attached hydrogens (tertiary/aromatic N) is 1. The highest BCUT2D eigenvalue weighted by atomic mass is 16.5. The lowest BCUT2D eigenvalue weighted by Crippen LogP contribution is -2.26. The van der Waals surface area contributed by atoms with Crippen LogP contribution in [0.2, 0.25) is 0 Å². The van der Waals surface area contributed by atoms with E-state index in [0.29, 0.717) is 12.0 Å². The Kier molecular flexibility index (Phi) is 3.16. The Balaban J connectivity index is 1.68. The molecular weight excluding hydrogens is 178 g/mol. The number of hydrogen-bond donors (Lipinski definition) is 2. The van der Waals surface area contributed by atoms with Gasteiger partial charge in [0.25, 0.3) is 0 Å². The van der Waals surface area contributed by atoms with Gasteiger partial charge < -0.3 is 15.0 Å². The number of nitrogens with one attached hydrogen (secondary N) is 2. The minimum Gasteiger partial charge on any atom is -0.378 e. The fourth-order valence-electron chi connectivity index (χ4n) is 1.82. The molecule has 1 aliphatic rings. The third-order valence-corrected chi connectivity index (χ3v) is 2.81. The van der Waals surface area contributed by atoms with Crippen molar-refractivity contribution in [1.82, 2.24) is 15.3 Å². The SMILES string of the molecule is CC1OCCC1CNCc1cnc[nH]1. The van der Waals surface area contributed by atoms with E-state index in [-0.39, 0.29) is 0 Å². The van der Waals surface area contributed by atoms with Gasteiger partial charge in [0.05, 0.1) is 12.4 Å². The summed E-state index contributed by atoms with van der Waals surface area (Å²) in [6, 6.07) is 0. The molecule has 0 radical (unpaired) electrons. The number of imidazole rings is 1. The highest BCUT2D eigenvalue weighted by molar-refractivity contribution is 4.93. The van der Waals surface area contributed by atoms with Gasteiger partial charge in [0, 0.05) is 31.6 Å². The minimum atomic E-state index is 0.407. The fourth-order valence-corrected chi connectivity index (χ4v) is 1.82. The summed E-state index contributed by atoms with van der Waals surface area (Å²) in [5, 5.41) is 3.41. The molecule has 78 valence electrons. The van der Waals surface area contributed by atoms with Crippen molar-refractivity contribution in [2.24, 2.45) is 5.92 Å². The fraction of sp³-hybridized carbons (Fsp3) is 0.700. The van der Waals surface area contributed by atoms with Gasteiger partial charge in [-0.05, 0) is 19.3 Å². The van der Waals surface area contributed by atoms with E-state index in [4.69, 9.17) is 4.74 Å². The normalized spacial score (nSPS) is 26.9. The molecule has 2 rings (SSSR count). The van der Waals surface area contributed by atoms with Crippen LogP contribution in [0.3, 0.4) is 0 Å². The Morgan fingerprint density at radius 1 is 1.71 bits per heavy atom. The van der Waals surface area contributed by atoms with Crippen LogP contribution in [-0.4, -0.2) is 29.2 Å². The van der Waals surface area contributed by atoms with Crippen LogP contribution in [0, 0.1) is 5.92 Å². The number of aromatic nitrogens is 2. The van der Waals surface area contributed by atoms with Crippen LogP contribution in [0.15, 0.2) is 12.5 Å². The van der Waals surface area contributed by atoms with Crippen LogP contribution in [0.5, 0.6) is 0 Å². The maximum atomic E-state index is 5.49. The van der Waals surface area contributed by atoms with Gasteiger partial charge in [0.15, 0.2) is 0 Å². The average molecular weight is 195 g/mol. The van der Waals surface area contributed by atoms with Gasteiger partial charge in [-0.1, -0.05) is 0 Å². The molecule has 14 heavy (non-hydrogen) atoms. The molecule has 4 heteroatoms. The first kappa shape index (κ1) is 9.68. The van der Waals surface area contributed by atoms with Crippen LogP contribution in [0.1, 0.15) is 19.0 Å². The van der Waals surface area contributed by atoms with E-state index in [1.54, 1.807) is 6.33 Å². The quantitative estimate of drug-likeness (QED) is 0.751. The van der Waals surface area contributed by atoms with E-state index in [2.05, 4.69) is 22.2 Å². The van der Waals surface area contributed by atoms with Crippen molar-refractivity contribution < 1.29 is 4.74 Å². The van der Waals surface area contributed by atoms with Gasteiger partial charge in [-0.2, -0.15) is 0 Å². The van der Waals surface area contributed by atoms with Crippen LogP contribution in [0.25, 0.3) is 0 Å². The van der Waals surface area contributed by atoms with E-state index in [1.165, 1.54) is 6.42 Å². The van der Waals surface area contributed by atoms with Gasteiger partial charge >= 0.3 is 0 Å². The topological polar surface area (TPSA) is 49.9 Å². The first-order valence-electron chi connectivity index (χ1n) is 5.16. The highest BCUT2D eigenvalue weighted by Crippen LogP contribution is 2.19. The van der Waals surface area contributed by atoms with Crippen molar-refractivity contribution >= 4 is 0 Å². The third kappa shape index (κ3) is 2.33. The van der Waals surface area contributed by atoms with Gasteiger partial charge in [0.1, 0.15) is 0 Å². The molecule has 2 N–H and O–H groups in total. The summed E-state index contributed by atoms with van der Waals surface area (Å²) < 4.78 is 5.49. The first-order valence-corrected chi connectivity index (χ1v) is 5.16. The van der Waals surface area contributed by atoms with E-state index >= 15 is 0 Å². The zero-order valence-electron chi connectivity index (χ0n) is 8.49. The molecule has 0 amide bonds. The van der Waals surface area contributed by atoms with E-state index in [1.807, 2.05) is 6.20 Å². The second-order valence-corrected chi connectivity index (χ2v) is 3.83. The molecular formula is C10H17N3O. The number of aromatic amines is 1. The molecule has 0 spiro atoms. The summed E-state index contributed by atoms with van der Waals surface area (Å²) in [5.41, 5.74) is 1.14. The maximum Gasteiger partial charge on any atom is 0.0922 e. The maximum absolute atomic E-state index is 5.49. The molecule has 2 atom stereocenters. The summed E-state index contributed by atoms with van der Waals surface area (Å²) in [6.07, 6.45) is 5.14. The Morgan fingerprint density at radius 2 is 2.64 bits per heavy atom. The predicted molar refractivity (Wildman–Crippen MR) is 53.8 cm³/mol. The summed E-state index contributed by atoms with van der Waals surface area (Å²) in [7, 11) is 0. The molecule has 1 aromatic heterocycles. The van der Waals surface area contributed by atoms with Crippen LogP contribution < -0.4 is 5.32 Å². The molecule has 1 aliphatic heterocycles. The monoisotopic (exact) mass is 195 g/mol. The largest absolute Gasteiger partial charge is 0.378 e. The van der Waals surface area contributed by atoms with E-state index < -0.39 is 0 Å². The number of H-pyrrole nitrogens is 1. The molecule has 2 unspecified atom stereocenters. The summed E-state index contributed by atoms with van der Waals surface area (Å²) in [4.78, 5) is 7.04. The zero-order chi connectivity index (χ0) is 9.80. The number of hydrogen-bond acceptors (Lipinski definition) is 3. The Labute approximate surface area is 84.1 Å². The van der Waals surface area contributed by atoms with Gasteiger partial charge in [-0.15, -0.1) is 0 Å². The zero-order valence-corrected chi connectivity index (χ0v) is 8.49. The molecule has 4 nitrogen and oxygen atoms in total. The van der Waals surface area contributed by atoms with Crippen molar-refractivity contribution in [2.75, 3.05) is 13.2 Å². The van der Waals surface area contributed by atoms with Crippen molar-refractivity contribution in [3.63, 3.8) is 0 Å². The molecule has 1 aromatic rings. The Hall–Kier alpha value is -0.870. The van der Waals surface area contributed by atoms with Crippen LogP contribution in [-0.2, 0) is 11.3 Å². The molecule has 0 bridgehead atoms. The van der Waals surface area contributed by atoms with Crippen molar-refractivity contribution in [3.05, 3.63) is 18.2 Å². The van der Waals surface area contributed by atoms with Crippen molar-refractivity contribution in [3.8, 4) is 0 Å². The summed E-state index contributed by atoms with van der Waals surface area (Å²) in [5.74, 6) is 0.665. The lowest BCUT2D eigenvalue weighted by Gasteiger charge is -2.14. The van der Waals surface area contributed by atoms with E-state index in [9.17, 15) is 0 Å². The second kappa shape index (κ2) is 4.57. The first-order chi connectivity index (χ1) is 6.86. The lowest BCUT2D eigenvalue weighted by molar-refractivity contribution is 0.105. The number of ether oxygens (including phenoxy) is 1. The molecule has 1 fully saturated rings. The Bertz CT molecular complexity index is 260. The van der Waals surface area contributed by atoms with Crippen molar-refractivity contribution in [1.29, 1.82) is 0 Å². The van der Waals surface area contributed by atoms with Gasteiger partial charge in [-0.25, -0.2) is 4.98 Å². The lowest BCUT2D eigenvalue weighted by atomic mass is 10.0. The smallest absolute Gasteiger partial charge is 0.0922 e. The summed E-state index contributed by atoms with van der Waals surface area (Å²) in [6.45, 7) is 4.95. The van der Waals surface area contributed by atoms with Gasteiger partial charge in [-0.3, -0.25) is 0 Å². The second-order valence-electron chi connectivity index (χ2n) is 3.83. The molecule has 1 saturated heterocycles. The highest BCUT2D eigenvalue weighted by Gasteiger charge is 2.23. The molecule has 2 heterocycles. The predicted octanol–water partition coefficient (Wildman–Crippen LogP) is 0.924. The Morgan fingerprint density at radius 3 is 3.29 bits per heavy atom. The number of rotatable bonds is 4. The standard InChI is InChI=1S/C10H17N3O/c1-8-9(2-3-14-8)4-11-5-10-6-12-7-13-10/h6-9,11H,2-5H2,1H3,(H,12,13). The van der Waals surface area contributed by atoms with E-state index in [0.717, 1.165) is 25.4 Å². The molecule has 0 saturated carbocycles. The van der Waals surface area contributed by atoms with Crippen LogP contribution >= 0.6 is 0 Å². The summed E-state index contributed by atoms with van der Waals surface area (Å²) >= 11 is 0.